The first-order valence-corrected chi connectivity index (χ1v) is 4.86. The zero-order chi connectivity index (χ0) is 10.1. The van der Waals surface area contributed by atoms with E-state index < -0.39 is 19.2 Å². The fourth-order valence-corrected chi connectivity index (χ4v) is 1.32. The van der Waals surface area contributed by atoms with Gasteiger partial charge >= 0.3 is 9.08 Å². The lowest BCUT2D eigenvalue weighted by molar-refractivity contribution is -0.384. The minimum absolute atomic E-state index is 0.331. The first kappa shape index (κ1) is 9.71. The smallest absolute Gasteiger partial charge is 0.258 e. The molecule has 0 saturated carbocycles. The molecule has 70 valence electrons. The number of rotatable bonds is 2. The van der Waals surface area contributed by atoms with Gasteiger partial charge < -0.3 is 0 Å². The molecule has 0 amide bonds. The topological polar surface area (TPSA) is 43.1 Å². The Morgan fingerprint density at radius 3 is 1.92 bits per heavy atom. The summed E-state index contributed by atoms with van der Waals surface area (Å²) in [5.74, 6) is 0. The summed E-state index contributed by atoms with van der Waals surface area (Å²) < 4.78 is 36.3. The third-order valence-corrected chi connectivity index (χ3v) is 2.39. The Morgan fingerprint density at radius 2 is 1.62 bits per heavy atom. The van der Waals surface area contributed by atoms with Crippen molar-refractivity contribution in [3.63, 3.8) is 0 Å². The third-order valence-electron chi connectivity index (χ3n) is 1.41. The van der Waals surface area contributed by atoms with E-state index in [1.54, 1.807) is 0 Å². The highest BCUT2D eigenvalue weighted by Crippen LogP contribution is 2.12. The highest BCUT2D eigenvalue weighted by molar-refractivity contribution is 6.73. The van der Waals surface area contributed by atoms with Crippen LogP contribution in [0.2, 0.25) is 0 Å². The Balaban J connectivity index is 3.01. The Kier molecular flexibility index (Phi) is 2.37. The fourth-order valence-electron chi connectivity index (χ4n) is 0.772. The molecule has 13 heavy (non-hydrogen) atoms. The molecule has 0 unspecified atom stereocenters. The van der Waals surface area contributed by atoms with Gasteiger partial charge in [-0.2, -0.15) is 0 Å². The lowest BCUT2D eigenvalue weighted by Gasteiger charge is -2.00. The molecule has 0 bridgehead atoms. The Labute approximate surface area is 72.5 Å². The number of benzene rings is 1. The van der Waals surface area contributed by atoms with Crippen molar-refractivity contribution in [2.24, 2.45) is 0 Å². The van der Waals surface area contributed by atoms with Gasteiger partial charge in [0.2, 0.25) is 0 Å². The predicted octanol–water partition coefficient (Wildman–Crippen LogP) is 1.65. The molecule has 0 aliphatic rings. The molecule has 0 atom stereocenters. The molecule has 0 aliphatic carbocycles. The molecule has 1 rings (SSSR count). The summed E-state index contributed by atoms with van der Waals surface area (Å²) in [5.41, 5.74) is -0.331. The zero-order valence-corrected chi connectivity index (χ0v) is 7.21. The van der Waals surface area contributed by atoms with E-state index >= 15 is 0 Å². The molecule has 0 aromatic heterocycles. The van der Waals surface area contributed by atoms with Gasteiger partial charge in [0.1, 0.15) is 0 Å². The lowest BCUT2D eigenvalue weighted by atomic mass is 10.3. The molecule has 1 aromatic carbocycles. The Hall–Kier alpha value is -1.37. The van der Waals surface area contributed by atoms with Gasteiger partial charge in [0.15, 0.2) is 0 Å². The van der Waals surface area contributed by atoms with E-state index in [1.807, 2.05) is 0 Å². The van der Waals surface area contributed by atoms with Crippen molar-refractivity contribution in [2.75, 3.05) is 0 Å². The second-order valence-corrected chi connectivity index (χ2v) is 3.87. The second-order valence-electron chi connectivity index (χ2n) is 2.30. The van der Waals surface area contributed by atoms with Crippen LogP contribution in [-0.4, -0.2) is 14.0 Å². The van der Waals surface area contributed by atoms with Crippen molar-refractivity contribution in [2.45, 2.75) is 0 Å². The van der Waals surface area contributed by atoms with Gasteiger partial charge in [-0.1, -0.05) is 0 Å². The van der Waals surface area contributed by atoms with Gasteiger partial charge in [-0.05, 0) is 12.1 Å². The van der Waals surface area contributed by atoms with Gasteiger partial charge in [0.25, 0.3) is 5.69 Å². The summed E-state index contributed by atoms with van der Waals surface area (Å²) in [6.07, 6.45) is 0. The number of non-ortho nitro benzene ring substituents is 1. The first-order valence-electron chi connectivity index (χ1n) is 3.23. The fraction of sp³-hybridized carbons (Fsp3) is 0. The Morgan fingerprint density at radius 1 is 1.15 bits per heavy atom. The van der Waals surface area contributed by atoms with Crippen molar-refractivity contribution >= 4 is 19.9 Å². The van der Waals surface area contributed by atoms with Crippen LogP contribution in [0.4, 0.5) is 18.0 Å². The van der Waals surface area contributed by atoms with E-state index in [9.17, 15) is 22.4 Å². The number of hydrogen-bond acceptors (Lipinski definition) is 2. The Bertz CT molecular complexity index is 322. The van der Waals surface area contributed by atoms with E-state index in [0.717, 1.165) is 24.3 Å². The monoisotopic (exact) mass is 207 g/mol. The average molecular weight is 207 g/mol. The molecular weight excluding hydrogens is 203 g/mol. The van der Waals surface area contributed by atoms with Crippen LogP contribution < -0.4 is 5.19 Å². The summed E-state index contributed by atoms with van der Waals surface area (Å²) in [5, 5.41) is 9.35. The van der Waals surface area contributed by atoms with Gasteiger partial charge in [0, 0.05) is 17.3 Å². The van der Waals surface area contributed by atoms with Crippen molar-refractivity contribution in [1.82, 2.24) is 0 Å². The third kappa shape index (κ3) is 2.28. The average Bonchev–Trinajstić information content (AvgIpc) is 2.03. The summed E-state index contributed by atoms with van der Waals surface area (Å²) >= 11 is 0. The summed E-state index contributed by atoms with van der Waals surface area (Å²) in [4.78, 5) is 9.36. The largest absolute Gasteiger partial charge is 0.653 e. The van der Waals surface area contributed by atoms with Crippen LogP contribution in [0, 0.1) is 10.1 Å². The van der Waals surface area contributed by atoms with Gasteiger partial charge in [0.05, 0.1) is 4.92 Å². The van der Waals surface area contributed by atoms with Crippen molar-refractivity contribution in [1.29, 1.82) is 0 Å². The first-order chi connectivity index (χ1) is 5.91. The maximum atomic E-state index is 12.1. The highest BCUT2D eigenvalue weighted by Gasteiger charge is 2.39. The molecule has 3 nitrogen and oxygen atoms in total. The number of nitro groups is 1. The van der Waals surface area contributed by atoms with Crippen LogP contribution in [0.5, 0.6) is 0 Å². The summed E-state index contributed by atoms with van der Waals surface area (Å²) in [6.45, 7) is 0. The number of nitro benzene ring substituents is 1. The minimum Gasteiger partial charge on any atom is -0.258 e. The molecule has 0 heterocycles. The van der Waals surface area contributed by atoms with Crippen LogP contribution in [-0.2, 0) is 0 Å². The van der Waals surface area contributed by atoms with Crippen LogP contribution in [0.15, 0.2) is 24.3 Å². The maximum Gasteiger partial charge on any atom is 0.653 e. The number of hydrogen-bond donors (Lipinski definition) is 0. The summed E-state index contributed by atoms with van der Waals surface area (Å²) in [7, 11) is -5.81. The predicted molar refractivity (Wildman–Crippen MR) is 41.8 cm³/mol. The summed E-state index contributed by atoms with van der Waals surface area (Å²) in [6, 6.07) is 3.19. The van der Waals surface area contributed by atoms with Crippen LogP contribution in [0.25, 0.3) is 0 Å². The SMILES string of the molecule is O=[N+]([O-])c1ccc([Si](F)(F)F)cc1. The normalized spacial score (nSPS) is 11.3. The van der Waals surface area contributed by atoms with Gasteiger partial charge in [-0.25, -0.2) is 12.3 Å². The molecule has 0 spiro atoms. The number of nitrogens with zero attached hydrogens (tertiary/aromatic N) is 1. The molecule has 1 aromatic rings. The quantitative estimate of drug-likeness (QED) is 0.320. The van der Waals surface area contributed by atoms with Crippen molar-refractivity contribution in [3.05, 3.63) is 34.4 Å². The van der Waals surface area contributed by atoms with Crippen LogP contribution in [0.1, 0.15) is 0 Å². The van der Waals surface area contributed by atoms with Gasteiger partial charge in [-0.3, -0.25) is 10.1 Å². The minimum atomic E-state index is -5.81. The molecule has 7 heteroatoms. The molecule has 0 radical (unpaired) electrons. The van der Waals surface area contributed by atoms with Crippen LogP contribution >= 0.6 is 0 Å². The molecule has 0 saturated heterocycles. The van der Waals surface area contributed by atoms with Crippen molar-refractivity contribution < 1.29 is 17.2 Å². The molecule has 0 N–H and O–H groups in total. The molecular formula is C6H4F3NO2Si. The molecule has 0 fully saturated rings. The molecule has 0 aliphatic heterocycles. The standard InChI is InChI=1S/C6H4F3NO2Si/c7-13(8,9)6-3-1-5(2-4-6)10(11)12/h1-4H. The maximum absolute atomic E-state index is 12.1. The lowest BCUT2D eigenvalue weighted by Crippen LogP contribution is -2.33. The van der Waals surface area contributed by atoms with E-state index in [4.69, 9.17) is 0 Å². The van der Waals surface area contributed by atoms with E-state index in [-0.39, 0.29) is 5.69 Å². The second kappa shape index (κ2) is 3.17. The zero-order valence-electron chi connectivity index (χ0n) is 6.21. The van der Waals surface area contributed by atoms with E-state index in [1.165, 1.54) is 0 Å². The van der Waals surface area contributed by atoms with Gasteiger partial charge in [-0.15, -0.1) is 0 Å². The highest BCUT2D eigenvalue weighted by atomic mass is 28.5. The van der Waals surface area contributed by atoms with Crippen LogP contribution in [0.3, 0.4) is 0 Å². The van der Waals surface area contributed by atoms with E-state index in [0.29, 0.717) is 0 Å². The number of halogens is 3. The van der Waals surface area contributed by atoms with Crippen molar-refractivity contribution in [3.8, 4) is 0 Å². The van der Waals surface area contributed by atoms with E-state index in [2.05, 4.69) is 0 Å².